The number of amides is 1. The molecule has 1 rings (SSSR count). The van der Waals surface area contributed by atoms with Crippen LogP contribution in [0.5, 0.6) is 0 Å². The molecule has 0 spiro atoms. The molecule has 5 heteroatoms. The Labute approximate surface area is 123 Å². The fourth-order valence-corrected chi connectivity index (χ4v) is 2.36. The number of likely N-dealkylation sites (N-methyl/N-ethyl adjacent to an activating group) is 1. The van der Waals surface area contributed by atoms with Gasteiger partial charge in [-0.1, -0.05) is 13.8 Å². The van der Waals surface area contributed by atoms with Crippen LogP contribution < -0.4 is 0 Å². The molecule has 0 aromatic carbocycles. The van der Waals surface area contributed by atoms with Crippen molar-refractivity contribution < 1.29 is 9.53 Å². The molecule has 1 aliphatic heterocycles. The SMILES string of the molecule is CCCC(=NCCN(CC)C(=O)CC)N1CCOCC1. The number of amidine groups is 1. The van der Waals surface area contributed by atoms with E-state index in [2.05, 4.69) is 11.8 Å². The van der Waals surface area contributed by atoms with E-state index in [-0.39, 0.29) is 5.91 Å². The highest BCUT2D eigenvalue weighted by atomic mass is 16.5. The maximum Gasteiger partial charge on any atom is 0.222 e. The lowest BCUT2D eigenvalue weighted by Crippen LogP contribution is -2.41. The van der Waals surface area contributed by atoms with Gasteiger partial charge in [-0.05, 0) is 13.3 Å². The van der Waals surface area contributed by atoms with Gasteiger partial charge >= 0.3 is 0 Å². The molecule has 0 aromatic rings. The number of hydrogen-bond donors (Lipinski definition) is 0. The molecule has 5 nitrogen and oxygen atoms in total. The first-order valence-corrected chi connectivity index (χ1v) is 7.86. The van der Waals surface area contributed by atoms with E-state index in [1.165, 1.54) is 5.84 Å². The van der Waals surface area contributed by atoms with Gasteiger partial charge in [-0.25, -0.2) is 0 Å². The first kappa shape index (κ1) is 17.0. The Bertz CT molecular complexity index is 312. The average Bonchev–Trinajstić information content (AvgIpc) is 2.50. The van der Waals surface area contributed by atoms with E-state index in [1.807, 2.05) is 18.7 Å². The first-order valence-electron chi connectivity index (χ1n) is 7.86. The lowest BCUT2D eigenvalue weighted by atomic mass is 10.2. The van der Waals surface area contributed by atoms with Crippen molar-refractivity contribution in [2.24, 2.45) is 4.99 Å². The van der Waals surface area contributed by atoms with Gasteiger partial charge in [0.2, 0.25) is 5.91 Å². The van der Waals surface area contributed by atoms with Gasteiger partial charge in [0.1, 0.15) is 0 Å². The van der Waals surface area contributed by atoms with Gasteiger partial charge in [-0.3, -0.25) is 9.79 Å². The third-order valence-corrected chi connectivity index (χ3v) is 3.55. The van der Waals surface area contributed by atoms with Crippen LogP contribution in [0.25, 0.3) is 0 Å². The topological polar surface area (TPSA) is 45.1 Å². The van der Waals surface area contributed by atoms with Gasteiger partial charge in [0.15, 0.2) is 0 Å². The highest BCUT2D eigenvalue weighted by Gasteiger charge is 2.14. The van der Waals surface area contributed by atoms with Gasteiger partial charge in [0.05, 0.1) is 25.6 Å². The standard InChI is InChI=1S/C15H29N3O2/c1-4-7-14(18-10-12-20-13-11-18)16-8-9-17(6-3)15(19)5-2/h4-13H2,1-3H3. The molecule has 0 saturated carbocycles. The molecular formula is C15H29N3O2. The van der Waals surface area contributed by atoms with Crippen LogP contribution in [0, 0.1) is 0 Å². The van der Waals surface area contributed by atoms with E-state index in [1.54, 1.807) is 0 Å². The van der Waals surface area contributed by atoms with Gasteiger partial charge in [-0.2, -0.15) is 0 Å². The lowest BCUT2D eigenvalue weighted by molar-refractivity contribution is -0.130. The number of ether oxygens (including phenoxy) is 1. The van der Waals surface area contributed by atoms with E-state index in [0.29, 0.717) is 13.0 Å². The van der Waals surface area contributed by atoms with Crippen LogP contribution in [0.2, 0.25) is 0 Å². The molecule has 0 unspecified atom stereocenters. The Morgan fingerprint density at radius 1 is 1.25 bits per heavy atom. The van der Waals surface area contributed by atoms with Crippen molar-refractivity contribution in [3.63, 3.8) is 0 Å². The largest absolute Gasteiger partial charge is 0.378 e. The molecule has 0 radical (unpaired) electrons. The number of aliphatic imine (C=N–C) groups is 1. The molecule has 1 amide bonds. The number of nitrogens with zero attached hydrogens (tertiary/aromatic N) is 3. The Kier molecular flexibility index (Phi) is 8.26. The molecule has 0 aromatic heterocycles. The Hall–Kier alpha value is -1.10. The lowest BCUT2D eigenvalue weighted by Gasteiger charge is -2.30. The molecule has 1 saturated heterocycles. The monoisotopic (exact) mass is 283 g/mol. The van der Waals surface area contributed by atoms with Crippen molar-refractivity contribution in [3.8, 4) is 0 Å². The van der Waals surface area contributed by atoms with Crippen LogP contribution in [0.3, 0.4) is 0 Å². The van der Waals surface area contributed by atoms with E-state index in [9.17, 15) is 4.79 Å². The Morgan fingerprint density at radius 2 is 1.95 bits per heavy atom. The zero-order valence-electron chi connectivity index (χ0n) is 13.2. The highest BCUT2D eigenvalue weighted by Crippen LogP contribution is 2.05. The quantitative estimate of drug-likeness (QED) is 0.528. The molecule has 0 bridgehead atoms. The molecule has 116 valence electrons. The minimum atomic E-state index is 0.214. The normalized spacial score (nSPS) is 16.4. The van der Waals surface area contributed by atoms with Gasteiger partial charge in [-0.15, -0.1) is 0 Å². The summed E-state index contributed by atoms with van der Waals surface area (Å²) in [4.78, 5) is 20.6. The van der Waals surface area contributed by atoms with Crippen molar-refractivity contribution in [2.45, 2.75) is 40.0 Å². The molecule has 20 heavy (non-hydrogen) atoms. The summed E-state index contributed by atoms with van der Waals surface area (Å²) in [6.45, 7) is 11.7. The number of carbonyl (C=O) groups is 1. The maximum atomic E-state index is 11.7. The number of carbonyl (C=O) groups excluding carboxylic acids is 1. The summed E-state index contributed by atoms with van der Waals surface area (Å²) in [5, 5.41) is 0. The predicted molar refractivity (Wildman–Crippen MR) is 82.1 cm³/mol. The summed E-state index contributed by atoms with van der Waals surface area (Å²) in [6.07, 6.45) is 2.68. The van der Waals surface area contributed by atoms with Gasteiger partial charge in [0.25, 0.3) is 0 Å². The van der Waals surface area contributed by atoms with Crippen molar-refractivity contribution in [2.75, 3.05) is 45.9 Å². The van der Waals surface area contributed by atoms with E-state index >= 15 is 0 Å². The smallest absolute Gasteiger partial charge is 0.222 e. The third-order valence-electron chi connectivity index (χ3n) is 3.55. The average molecular weight is 283 g/mol. The minimum absolute atomic E-state index is 0.214. The second-order valence-corrected chi connectivity index (χ2v) is 4.97. The predicted octanol–water partition coefficient (Wildman–Crippen LogP) is 1.78. The van der Waals surface area contributed by atoms with Crippen LogP contribution in [0.15, 0.2) is 4.99 Å². The van der Waals surface area contributed by atoms with Gasteiger partial charge in [0, 0.05) is 39.0 Å². The molecule has 1 heterocycles. The second-order valence-electron chi connectivity index (χ2n) is 4.97. The zero-order valence-corrected chi connectivity index (χ0v) is 13.2. The fourth-order valence-electron chi connectivity index (χ4n) is 2.36. The third kappa shape index (κ3) is 5.49. The minimum Gasteiger partial charge on any atom is -0.378 e. The second kappa shape index (κ2) is 9.75. The van der Waals surface area contributed by atoms with Crippen LogP contribution >= 0.6 is 0 Å². The molecule has 0 atom stereocenters. The van der Waals surface area contributed by atoms with Crippen molar-refractivity contribution in [1.29, 1.82) is 0 Å². The summed E-state index contributed by atoms with van der Waals surface area (Å²) in [7, 11) is 0. The van der Waals surface area contributed by atoms with Crippen LogP contribution in [-0.4, -0.2) is 67.5 Å². The number of rotatable bonds is 7. The van der Waals surface area contributed by atoms with Crippen LogP contribution in [0.4, 0.5) is 0 Å². The summed E-state index contributed by atoms with van der Waals surface area (Å²) in [5.41, 5.74) is 0. The van der Waals surface area contributed by atoms with Crippen molar-refractivity contribution >= 4 is 11.7 Å². The van der Waals surface area contributed by atoms with E-state index < -0.39 is 0 Å². The van der Waals surface area contributed by atoms with E-state index in [0.717, 1.165) is 52.2 Å². The van der Waals surface area contributed by atoms with Crippen LogP contribution in [0.1, 0.15) is 40.0 Å². The number of hydrogen-bond acceptors (Lipinski definition) is 3. The highest BCUT2D eigenvalue weighted by molar-refractivity contribution is 5.82. The molecule has 1 aliphatic rings. The summed E-state index contributed by atoms with van der Waals surface area (Å²) >= 11 is 0. The summed E-state index contributed by atoms with van der Waals surface area (Å²) in [6, 6.07) is 0. The van der Waals surface area contributed by atoms with Gasteiger partial charge < -0.3 is 14.5 Å². The zero-order chi connectivity index (χ0) is 14.8. The van der Waals surface area contributed by atoms with E-state index in [4.69, 9.17) is 9.73 Å². The van der Waals surface area contributed by atoms with Crippen LogP contribution in [-0.2, 0) is 9.53 Å². The summed E-state index contributed by atoms with van der Waals surface area (Å²) in [5.74, 6) is 1.39. The van der Waals surface area contributed by atoms with Crippen molar-refractivity contribution in [1.82, 2.24) is 9.80 Å². The molecule has 1 fully saturated rings. The molecular weight excluding hydrogens is 254 g/mol. The maximum absolute atomic E-state index is 11.7. The number of morpholine rings is 1. The molecule has 0 aliphatic carbocycles. The summed E-state index contributed by atoms with van der Waals surface area (Å²) < 4.78 is 5.38. The first-order chi connectivity index (χ1) is 9.72. The Balaban J connectivity index is 2.51. The van der Waals surface area contributed by atoms with Crippen molar-refractivity contribution in [3.05, 3.63) is 0 Å². The Morgan fingerprint density at radius 3 is 2.50 bits per heavy atom. The molecule has 0 N–H and O–H groups in total. The fraction of sp³-hybridized carbons (Fsp3) is 0.867.